The fourth-order valence-electron chi connectivity index (χ4n) is 1.91. The molecule has 0 bridgehead atoms. The highest BCUT2D eigenvalue weighted by Crippen LogP contribution is 2.15. The number of nitrogens with one attached hydrogen (secondary N) is 1. The lowest BCUT2D eigenvalue weighted by Gasteiger charge is -2.09. The number of hydrogen-bond donors (Lipinski definition) is 1. The van der Waals surface area contributed by atoms with Crippen molar-refractivity contribution in [2.75, 3.05) is 18.5 Å². The lowest BCUT2D eigenvalue weighted by molar-refractivity contribution is 0.332. The third-order valence-corrected chi connectivity index (χ3v) is 2.63. The minimum Gasteiger partial charge on any atom is -0.492 e. The molecule has 0 spiro atoms. The second-order valence-corrected chi connectivity index (χ2v) is 4.64. The Kier molecular flexibility index (Phi) is 4.34. The Bertz CT molecular complexity index is 535. The number of hydrogen-bond acceptors (Lipinski definition) is 4. The van der Waals surface area contributed by atoms with E-state index in [-0.39, 0.29) is 0 Å². The monoisotopic (exact) mass is 257 g/mol. The molecule has 1 aromatic heterocycles. The summed E-state index contributed by atoms with van der Waals surface area (Å²) in [6.07, 6.45) is 3.45. The molecule has 2 rings (SSSR count). The predicted molar refractivity (Wildman–Crippen MR) is 76.7 cm³/mol. The molecule has 0 aliphatic rings. The van der Waals surface area contributed by atoms with E-state index in [0.717, 1.165) is 17.3 Å². The molecule has 0 saturated heterocycles. The Balaban J connectivity index is 1.80. The van der Waals surface area contributed by atoms with Crippen LogP contribution in [0.15, 0.2) is 30.6 Å². The second-order valence-electron chi connectivity index (χ2n) is 4.64. The third-order valence-electron chi connectivity index (χ3n) is 2.63. The highest BCUT2D eigenvalue weighted by atomic mass is 16.5. The summed E-state index contributed by atoms with van der Waals surface area (Å²) >= 11 is 0. The smallest absolute Gasteiger partial charge is 0.144 e. The molecule has 0 aliphatic carbocycles. The quantitative estimate of drug-likeness (QED) is 0.837. The summed E-state index contributed by atoms with van der Waals surface area (Å²) in [4.78, 5) is 8.40. The van der Waals surface area contributed by atoms with Crippen molar-refractivity contribution < 1.29 is 4.74 Å². The summed E-state index contributed by atoms with van der Waals surface area (Å²) in [5, 5.41) is 3.19. The van der Waals surface area contributed by atoms with Gasteiger partial charge in [-0.15, -0.1) is 0 Å². The van der Waals surface area contributed by atoms with Crippen molar-refractivity contribution in [2.24, 2.45) is 0 Å². The molecule has 0 saturated carbocycles. The van der Waals surface area contributed by atoms with E-state index in [1.54, 1.807) is 12.4 Å². The average molecular weight is 257 g/mol. The normalized spacial score (nSPS) is 10.3. The van der Waals surface area contributed by atoms with Crippen molar-refractivity contribution in [1.82, 2.24) is 9.97 Å². The van der Waals surface area contributed by atoms with Gasteiger partial charge in [0.15, 0.2) is 0 Å². The van der Waals surface area contributed by atoms with Crippen molar-refractivity contribution in [3.63, 3.8) is 0 Å². The zero-order valence-electron chi connectivity index (χ0n) is 11.6. The summed E-state index contributed by atoms with van der Waals surface area (Å²) < 4.78 is 5.71. The van der Waals surface area contributed by atoms with Gasteiger partial charge in [0.25, 0.3) is 0 Å². The zero-order valence-corrected chi connectivity index (χ0v) is 11.6. The van der Waals surface area contributed by atoms with Crippen LogP contribution < -0.4 is 10.1 Å². The highest BCUT2D eigenvalue weighted by Gasteiger charge is 1.98. The lowest BCUT2D eigenvalue weighted by Crippen LogP contribution is -2.12. The molecule has 1 aromatic carbocycles. The first-order chi connectivity index (χ1) is 9.13. The number of nitrogens with zero attached hydrogens (tertiary/aromatic N) is 2. The highest BCUT2D eigenvalue weighted by molar-refractivity contribution is 5.33. The van der Waals surface area contributed by atoms with Crippen LogP contribution in [0.1, 0.15) is 16.8 Å². The molecule has 0 radical (unpaired) electrons. The topological polar surface area (TPSA) is 47.0 Å². The van der Waals surface area contributed by atoms with Gasteiger partial charge < -0.3 is 10.1 Å². The van der Waals surface area contributed by atoms with E-state index in [1.165, 1.54) is 11.1 Å². The van der Waals surface area contributed by atoms with Gasteiger partial charge in [-0.25, -0.2) is 4.98 Å². The van der Waals surface area contributed by atoms with E-state index in [4.69, 9.17) is 4.74 Å². The molecule has 100 valence electrons. The summed E-state index contributed by atoms with van der Waals surface area (Å²) in [6, 6.07) is 6.21. The molecular weight excluding hydrogens is 238 g/mol. The molecule has 0 amide bonds. The van der Waals surface area contributed by atoms with Gasteiger partial charge in [-0.3, -0.25) is 4.98 Å². The number of anilines is 1. The Hall–Kier alpha value is -2.10. The van der Waals surface area contributed by atoms with Gasteiger partial charge in [0.05, 0.1) is 18.4 Å². The molecule has 0 fully saturated rings. The van der Waals surface area contributed by atoms with Gasteiger partial charge in [-0.1, -0.05) is 6.07 Å². The molecule has 1 heterocycles. The van der Waals surface area contributed by atoms with Gasteiger partial charge in [-0.2, -0.15) is 0 Å². The van der Waals surface area contributed by atoms with E-state index >= 15 is 0 Å². The van der Waals surface area contributed by atoms with Gasteiger partial charge in [-0.05, 0) is 44.0 Å². The average Bonchev–Trinajstić information content (AvgIpc) is 2.34. The largest absolute Gasteiger partial charge is 0.492 e. The molecule has 0 unspecified atom stereocenters. The van der Waals surface area contributed by atoms with Gasteiger partial charge in [0.2, 0.25) is 0 Å². The summed E-state index contributed by atoms with van der Waals surface area (Å²) in [5.74, 6) is 1.69. The Morgan fingerprint density at radius 2 is 1.79 bits per heavy atom. The van der Waals surface area contributed by atoms with Gasteiger partial charge in [0.1, 0.15) is 18.2 Å². The van der Waals surface area contributed by atoms with Crippen molar-refractivity contribution >= 4 is 5.82 Å². The first-order valence-corrected chi connectivity index (χ1v) is 6.37. The van der Waals surface area contributed by atoms with Crippen LogP contribution in [0.5, 0.6) is 5.75 Å². The molecule has 1 N–H and O–H groups in total. The first kappa shape index (κ1) is 13.3. The number of aryl methyl sites for hydroxylation is 3. The van der Waals surface area contributed by atoms with Crippen LogP contribution in [0.25, 0.3) is 0 Å². The van der Waals surface area contributed by atoms with Crippen molar-refractivity contribution in [2.45, 2.75) is 20.8 Å². The van der Waals surface area contributed by atoms with Crippen LogP contribution in [-0.2, 0) is 0 Å². The van der Waals surface area contributed by atoms with Gasteiger partial charge in [0, 0.05) is 6.20 Å². The van der Waals surface area contributed by atoms with E-state index in [0.29, 0.717) is 13.2 Å². The van der Waals surface area contributed by atoms with Crippen LogP contribution in [-0.4, -0.2) is 23.1 Å². The van der Waals surface area contributed by atoms with Crippen LogP contribution in [0.3, 0.4) is 0 Å². The van der Waals surface area contributed by atoms with Crippen LogP contribution in [0.2, 0.25) is 0 Å². The Morgan fingerprint density at radius 1 is 1.05 bits per heavy atom. The van der Waals surface area contributed by atoms with Crippen molar-refractivity contribution in [3.05, 3.63) is 47.4 Å². The van der Waals surface area contributed by atoms with Crippen LogP contribution >= 0.6 is 0 Å². The molecule has 0 aliphatic heterocycles. The molecule has 0 atom stereocenters. The van der Waals surface area contributed by atoms with E-state index in [2.05, 4.69) is 35.2 Å². The van der Waals surface area contributed by atoms with E-state index in [1.807, 2.05) is 19.1 Å². The van der Waals surface area contributed by atoms with Gasteiger partial charge >= 0.3 is 0 Å². The summed E-state index contributed by atoms with van der Waals surface area (Å²) in [5.41, 5.74) is 3.33. The minimum atomic E-state index is 0.596. The number of rotatable bonds is 5. The fourth-order valence-corrected chi connectivity index (χ4v) is 1.91. The van der Waals surface area contributed by atoms with Crippen molar-refractivity contribution in [1.29, 1.82) is 0 Å². The maximum absolute atomic E-state index is 5.71. The fraction of sp³-hybridized carbons (Fsp3) is 0.333. The molecule has 4 heteroatoms. The summed E-state index contributed by atoms with van der Waals surface area (Å²) in [7, 11) is 0. The Morgan fingerprint density at radius 3 is 2.47 bits per heavy atom. The van der Waals surface area contributed by atoms with E-state index in [9.17, 15) is 0 Å². The molecule has 19 heavy (non-hydrogen) atoms. The Labute approximate surface area is 113 Å². The first-order valence-electron chi connectivity index (χ1n) is 6.37. The second kappa shape index (κ2) is 6.18. The van der Waals surface area contributed by atoms with Crippen molar-refractivity contribution in [3.8, 4) is 5.75 Å². The SMILES string of the molecule is Cc1cc(C)cc(OCCNc2cncc(C)n2)c1. The third kappa shape index (κ3) is 4.25. The molecule has 4 nitrogen and oxygen atoms in total. The number of aromatic nitrogens is 2. The molecule has 2 aromatic rings. The summed E-state index contributed by atoms with van der Waals surface area (Å²) in [6.45, 7) is 7.36. The maximum Gasteiger partial charge on any atom is 0.144 e. The minimum absolute atomic E-state index is 0.596. The zero-order chi connectivity index (χ0) is 13.7. The number of ether oxygens (including phenoxy) is 1. The van der Waals surface area contributed by atoms with Crippen LogP contribution in [0.4, 0.5) is 5.82 Å². The van der Waals surface area contributed by atoms with Crippen LogP contribution in [0, 0.1) is 20.8 Å². The van der Waals surface area contributed by atoms with E-state index < -0.39 is 0 Å². The maximum atomic E-state index is 5.71. The lowest BCUT2D eigenvalue weighted by atomic mass is 10.1. The predicted octanol–water partition coefficient (Wildman–Crippen LogP) is 2.89. The number of benzene rings is 1. The standard InChI is InChI=1S/C15H19N3O/c1-11-6-12(2)8-14(7-11)19-5-4-17-15-10-16-9-13(3)18-15/h6-10H,4-5H2,1-3H3,(H,17,18). The molecular formula is C15H19N3O.